The van der Waals surface area contributed by atoms with Gasteiger partial charge in [-0.3, -0.25) is 4.79 Å². The SMILES string of the molecule is CC(C)(C)C(=O)N1CCC(c2ccnc(Cl)c2)CC1. The molecule has 0 bridgehead atoms. The van der Waals surface area contributed by atoms with Gasteiger partial charge in [0.2, 0.25) is 5.91 Å². The maximum absolute atomic E-state index is 12.2. The summed E-state index contributed by atoms with van der Waals surface area (Å²) in [6, 6.07) is 3.96. The number of carbonyl (C=O) groups excluding carboxylic acids is 1. The number of piperidine rings is 1. The fraction of sp³-hybridized carbons (Fsp3) is 0.600. The van der Waals surface area contributed by atoms with Crippen LogP contribution in [0.2, 0.25) is 5.15 Å². The Morgan fingerprint density at radius 1 is 1.37 bits per heavy atom. The van der Waals surface area contributed by atoms with Crippen LogP contribution in [0, 0.1) is 5.41 Å². The summed E-state index contributed by atoms with van der Waals surface area (Å²) in [4.78, 5) is 18.2. The van der Waals surface area contributed by atoms with Crippen molar-refractivity contribution in [3.63, 3.8) is 0 Å². The standard InChI is InChI=1S/C15H21ClN2O/c1-15(2,3)14(19)18-8-5-11(6-9-18)12-4-7-17-13(16)10-12/h4,7,10-11H,5-6,8-9H2,1-3H3. The van der Waals surface area contributed by atoms with Crippen LogP contribution in [0.5, 0.6) is 0 Å². The Kier molecular flexibility index (Phi) is 4.14. The van der Waals surface area contributed by atoms with Crippen LogP contribution >= 0.6 is 11.6 Å². The number of pyridine rings is 1. The number of nitrogens with zero attached hydrogens (tertiary/aromatic N) is 2. The third-order valence-corrected chi connectivity index (χ3v) is 3.85. The molecule has 0 N–H and O–H groups in total. The molecule has 104 valence electrons. The van der Waals surface area contributed by atoms with E-state index in [0.717, 1.165) is 25.9 Å². The van der Waals surface area contributed by atoms with Crippen LogP contribution < -0.4 is 0 Å². The maximum Gasteiger partial charge on any atom is 0.227 e. The molecule has 0 spiro atoms. The van der Waals surface area contributed by atoms with Gasteiger partial charge in [0, 0.05) is 24.7 Å². The van der Waals surface area contributed by atoms with Crippen LogP contribution in [0.25, 0.3) is 0 Å². The van der Waals surface area contributed by atoms with Crippen LogP contribution in [-0.4, -0.2) is 28.9 Å². The lowest BCUT2D eigenvalue weighted by atomic mass is 9.88. The summed E-state index contributed by atoms with van der Waals surface area (Å²) < 4.78 is 0. The van der Waals surface area contributed by atoms with Gasteiger partial charge < -0.3 is 4.90 Å². The number of likely N-dealkylation sites (tertiary alicyclic amines) is 1. The maximum atomic E-state index is 12.2. The molecule has 1 saturated heterocycles. The van der Waals surface area contributed by atoms with E-state index in [0.29, 0.717) is 11.1 Å². The first kappa shape index (κ1) is 14.3. The molecular formula is C15H21ClN2O. The van der Waals surface area contributed by atoms with Gasteiger partial charge in [0.1, 0.15) is 5.15 Å². The second-order valence-electron chi connectivity index (χ2n) is 6.23. The fourth-order valence-corrected chi connectivity index (χ4v) is 2.74. The minimum absolute atomic E-state index is 0.249. The summed E-state index contributed by atoms with van der Waals surface area (Å²) in [7, 11) is 0. The summed E-state index contributed by atoms with van der Waals surface area (Å²) in [5.74, 6) is 0.739. The minimum atomic E-state index is -0.285. The minimum Gasteiger partial charge on any atom is -0.342 e. The fourth-order valence-electron chi connectivity index (χ4n) is 2.56. The number of carbonyl (C=O) groups is 1. The van der Waals surface area contributed by atoms with Crippen LogP contribution in [0.1, 0.15) is 45.1 Å². The van der Waals surface area contributed by atoms with Crippen molar-refractivity contribution in [1.82, 2.24) is 9.88 Å². The average molecular weight is 281 g/mol. The monoisotopic (exact) mass is 280 g/mol. The number of halogens is 1. The third-order valence-electron chi connectivity index (χ3n) is 3.65. The lowest BCUT2D eigenvalue weighted by molar-refractivity contribution is -0.140. The number of hydrogen-bond acceptors (Lipinski definition) is 2. The van der Waals surface area contributed by atoms with Crippen LogP contribution in [0.15, 0.2) is 18.3 Å². The lowest BCUT2D eigenvalue weighted by Crippen LogP contribution is -2.43. The number of amides is 1. The van der Waals surface area contributed by atoms with E-state index in [4.69, 9.17) is 11.6 Å². The van der Waals surface area contributed by atoms with Crippen molar-refractivity contribution in [2.24, 2.45) is 5.41 Å². The normalized spacial score (nSPS) is 17.6. The van der Waals surface area contributed by atoms with Crippen molar-refractivity contribution in [3.05, 3.63) is 29.0 Å². The molecule has 3 nitrogen and oxygen atoms in total. The van der Waals surface area contributed by atoms with Crippen molar-refractivity contribution in [1.29, 1.82) is 0 Å². The van der Waals surface area contributed by atoms with E-state index < -0.39 is 0 Å². The Bertz CT molecular complexity index is 459. The molecule has 0 radical (unpaired) electrons. The molecule has 0 atom stereocenters. The van der Waals surface area contributed by atoms with Crippen molar-refractivity contribution in [3.8, 4) is 0 Å². The molecule has 2 rings (SSSR count). The highest BCUT2D eigenvalue weighted by molar-refractivity contribution is 6.29. The molecule has 19 heavy (non-hydrogen) atoms. The summed E-state index contributed by atoms with van der Waals surface area (Å²) in [5.41, 5.74) is 0.954. The summed E-state index contributed by atoms with van der Waals surface area (Å²) in [6.45, 7) is 7.60. The van der Waals surface area contributed by atoms with E-state index in [1.54, 1.807) is 6.20 Å². The highest BCUT2D eigenvalue weighted by atomic mass is 35.5. The van der Waals surface area contributed by atoms with Gasteiger partial charge >= 0.3 is 0 Å². The topological polar surface area (TPSA) is 33.2 Å². The van der Waals surface area contributed by atoms with Gasteiger partial charge in [0.05, 0.1) is 0 Å². The Morgan fingerprint density at radius 3 is 2.53 bits per heavy atom. The molecule has 1 aromatic rings. The molecule has 0 aromatic carbocycles. The number of rotatable bonds is 1. The molecule has 0 aliphatic carbocycles. The lowest BCUT2D eigenvalue weighted by Gasteiger charge is -2.35. The molecule has 1 aliphatic rings. The molecule has 0 saturated carbocycles. The van der Waals surface area contributed by atoms with Crippen LogP contribution in [-0.2, 0) is 4.79 Å². The van der Waals surface area contributed by atoms with E-state index in [1.807, 2.05) is 37.8 Å². The Balaban J connectivity index is 1.98. The zero-order chi connectivity index (χ0) is 14.0. The van der Waals surface area contributed by atoms with Gasteiger partial charge in [-0.25, -0.2) is 4.98 Å². The highest BCUT2D eigenvalue weighted by Crippen LogP contribution is 2.30. The van der Waals surface area contributed by atoms with Gasteiger partial charge in [0.15, 0.2) is 0 Å². The van der Waals surface area contributed by atoms with E-state index in [-0.39, 0.29) is 11.3 Å². The van der Waals surface area contributed by atoms with Gasteiger partial charge in [0.25, 0.3) is 0 Å². The molecule has 1 aromatic heterocycles. The van der Waals surface area contributed by atoms with Crippen molar-refractivity contribution in [2.75, 3.05) is 13.1 Å². The zero-order valence-electron chi connectivity index (χ0n) is 11.8. The largest absolute Gasteiger partial charge is 0.342 e. The van der Waals surface area contributed by atoms with Gasteiger partial charge in [-0.1, -0.05) is 32.4 Å². The molecule has 1 aliphatic heterocycles. The third kappa shape index (κ3) is 3.47. The Hall–Kier alpha value is -1.09. The molecule has 0 unspecified atom stereocenters. The van der Waals surface area contributed by atoms with Crippen LogP contribution in [0.3, 0.4) is 0 Å². The quantitative estimate of drug-likeness (QED) is 0.738. The number of aromatic nitrogens is 1. The Morgan fingerprint density at radius 2 is 2.00 bits per heavy atom. The van der Waals surface area contributed by atoms with Gasteiger partial charge in [-0.05, 0) is 36.5 Å². The second kappa shape index (κ2) is 5.49. The van der Waals surface area contributed by atoms with E-state index in [9.17, 15) is 4.79 Å². The second-order valence-corrected chi connectivity index (χ2v) is 6.62. The van der Waals surface area contributed by atoms with E-state index in [1.165, 1.54) is 5.56 Å². The molecule has 4 heteroatoms. The highest BCUT2D eigenvalue weighted by Gasteiger charge is 2.30. The predicted octanol–water partition coefficient (Wildman–Crippen LogP) is 3.49. The summed E-state index contributed by atoms with van der Waals surface area (Å²) in [5, 5.41) is 0.547. The predicted molar refractivity (Wildman–Crippen MR) is 77.3 cm³/mol. The number of hydrogen-bond donors (Lipinski definition) is 0. The smallest absolute Gasteiger partial charge is 0.227 e. The van der Waals surface area contributed by atoms with E-state index >= 15 is 0 Å². The first-order chi connectivity index (χ1) is 8.88. The Labute approximate surface area is 120 Å². The zero-order valence-corrected chi connectivity index (χ0v) is 12.6. The molecule has 2 heterocycles. The van der Waals surface area contributed by atoms with Gasteiger partial charge in [-0.2, -0.15) is 0 Å². The van der Waals surface area contributed by atoms with Crippen molar-refractivity contribution in [2.45, 2.75) is 39.5 Å². The van der Waals surface area contributed by atoms with Crippen molar-refractivity contribution < 1.29 is 4.79 Å². The summed E-state index contributed by atoms with van der Waals surface area (Å²) in [6.07, 6.45) is 3.76. The first-order valence-corrected chi connectivity index (χ1v) is 7.16. The van der Waals surface area contributed by atoms with Crippen LogP contribution in [0.4, 0.5) is 0 Å². The molecule has 1 amide bonds. The van der Waals surface area contributed by atoms with E-state index in [2.05, 4.69) is 4.98 Å². The van der Waals surface area contributed by atoms with Crippen molar-refractivity contribution >= 4 is 17.5 Å². The van der Waals surface area contributed by atoms with Gasteiger partial charge in [-0.15, -0.1) is 0 Å². The average Bonchev–Trinajstić information content (AvgIpc) is 2.37. The first-order valence-electron chi connectivity index (χ1n) is 6.79. The molecular weight excluding hydrogens is 260 g/mol. The summed E-state index contributed by atoms with van der Waals surface area (Å²) >= 11 is 5.93. The molecule has 1 fully saturated rings.